The van der Waals surface area contributed by atoms with Crippen molar-refractivity contribution in [1.29, 1.82) is 0 Å². The van der Waals surface area contributed by atoms with Crippen LogP contribution in [0, 0.1) is 0 Å². The molecule has 0 unspecified atom stereocenters. The predicted molar refractivity (Wildman–Crippen MR) is 115 cm³/mol. The zero-order chi connectivity index (χ0) is 19.9. The lowest BCUT2D eigenvalue weighted by molar-refractivity contribution is -0.120. The van der Waals surface area contributed by atoms with Crippen molar-refractivity contribution in [2.24, 2.45) is 0 Å². The summed E-state index contributed by atoms with van der Waals surface area (Å²) in [5.41, 5.74) is 5.64. The number of carbonyl (C=O) groups is 1. The third-order valence-electron chi connectivity index (χ3n) is 4.93. The minimum atomic E-state index is 0.0231. The van der Waals surface area contributed by atoms with E-state index >= 15 is 0 Å². The van der Waals surface area contributed by atoms with E-state index in [4.69, 9.17) is 0 Å². The number of amides is 1. The molecule has 0 aliphatic rings. The van der Waals surface area contributed by atoms with Crippen molar-refractivity contribution in [3.05, 3.63) is 114 Å². The van der Waals surface area contributed by atoms with Gasteiger partial charge in [-0.05, 0) is 27.8 Å². The van der Waals surface area contributed by atoms with Crippen LogP contribution in [0.1, 0.15) is 16.7 Å². The number of nitrogens with zero attached hydrogens (tertiary/aromatic N) is 2. The zero-order valence-corrected chi connectivity index (χ0v) is 16.2. The van der Waals surface area contributed by atoms with E-state index in [2.05, 4.69) is 46.7 Å². The molecule has 29 heavy (non-hydrogen) atoms. The largest absolute Gasteiger partial charge is 0.352 e. The number of hydrogen-bond donors (Lipinski definition) is 1. The molecule has 0 spiro atoms. The molecular formula is C25H23N3O. The second kappa shape index (κ2) is 9.02. The summed E-state index contributed by atoms with van der Waals surface area (Å²) >= 11 is 0. The van der Waals surface area contributed by atoms with Gasteiger partial charge in [-0.2, -0.15) is 0 Å². The molecule has 144 valence electrons. The van der Waals surface area contributed by atoms with Gasteiger partial charge in [-0.15, -0.1) is 0 Å². The van der Waals surface area contributed by atoms with Gasteiger partial charge in [-0.1, -0.05) is 78.9 Å². The first-order valence-electron chi connectivity index (χ1n) is 9.71. The standard InChI is InChI=1S/C25H23N3O/c29-25(16-20-10-12-22(13-11-20)21-6-2-1-3-7-21)27-17-23-8-4-5-9-24(23)18-28-15-14-26-19-28/h1-15,19H,16-18H2,(H,27,29). The molecule has 1 amide bonds. The Morgan fingerprint density at radius 3 is 2.24 bits per heavy atom. The summed E-state index contributed by atoms with van der Waals surface area (Å²) in [7, 11) is 0. The van der Waals surface area contributed by atoms with Crippen molar-refractivity contribution >= 4 is 5.91 Å². The number of hydrogen-bond acceptors (Lipinski definition) is 2. The topological polar surface area (TPSA) is 46.9 Å². The Morgan fingerprint density at radius 1 is 0.828 bits per heavy atom. The van der Waals surface area contributed by atoms with Gasteiger partial charge in [0.25, 0.3) is 0 Å². The van der Waals surface area contributed by atoms with E-state index in [1.54, 1.807) is 12.5 Å². The Labute approximate surface area is 170 Å². The second-order valence-electron chi connectivity index (χ2n) is 7.02. The van der Waals surface area contributed by atoms with Crippen molar-refractivity contribution in [3.8, 4) is 11.1 Å². The van der Waals surface area contributed by atoms with Crippen molar-refractivity contribution in [2.45, 2.75) is 19.5 Å². The van der Waals surface area contributed by atoms with Gasteiger partial charge < -0.3 is 9.88 Å². The third kappa shape index (κ3) is 4.99. The highest BCUT2D eigenvalue weighted by atomic mass is 16.1. The highest BCUT2D eigenvalue weighted by molar-refractivity contribution is 5.79. The number of rotatable bonds is 7. The maximum atomic E-state index is 12.4. The second-order valence-corrected chi connectivity index (χ2v) is 7.02. The minimum absolute atomic E-state index is 0.0231. The Bertz CT molecular complexity index is 1050. The first kappa shape index (κ1) is 18.7. The maximum Gasteiger partial charge on any atom is 0.224 e. The molecule has 0 bridgehead atoms. The summed E-state index contributed by atoms with van der Waals surface area (Å²) in [5.74, 6) is 0.0231. The van der Waals surface area contributed by atoms with Crippen LogP contribution in [0.4, 0.5) is 0 Å². The van der Waals surface area contributed by atoms with E-state index in [1.165, 1.54) is 11.1 Å². The van der Waals surface area contributed by atoms with E-state index in [0.717, 1.165) is 23.2 Å². The minimum Gasteiger partial charge on any atom is -0.352 e. The average molecular weight is 381 g/mol. The fraction of sp³-hybridized carbons (Fsp3) is 0.120. The predicted octanol–water partition coefficient (Wildman–Crippen LogP) is 4.46. The quantitative estimate of drug-likeness (QED) is 0.514. The van der Waals surface area contributed by atoms with E-state index in [0.29, 0.717) is 13.0 Å². The SMILES string of the molecule is O=C(Cc1ccc(-c2ccccc2)cc1)NCc1ccccc1Cn1ccnc1. The van der Waals surface area contributed by atoms with E-state index in [9.17, 15) is 4.79 Å². The molecular weight excluding hydrogens is 358 g/mol. The maximum absolute atomic E-state index is 12.4. The monoisotopic (exact) mass is 381 g/mol. The average Bonchev–Trinajstić information content (AvgIpc) is 3.27. The van der Waals surface area contributed by atoms with E-state index in [1.807, 2.05) is 53.2 Å². The zero-order valence-electron chi connectivity index (χ0n) is 16.2. The van der Waals surface area contributed by atoms with Crippen LogP contribution in [0.5, 0.6) is 0 Å². The molecule has 4 heteroatoms. The molecule has 1 N–H and O–H groups in total. The van der Waals surface area contributed by atoms with Crippen LogP contribution >= 0.6 is 0 Å². The lowest BCUT2D eigenvalue weighted by Crippen LogP contribution is -2.25. The number of benzene rings is 3. The molecule has 1 aromatic heterocycles. The van der Waals surface area contributed by atoms with Gasteiger partial charge in [0.15, 0.2) is 0 Å². The molecule has 0 aliphatic heterocycles. The Morgan fingerprint density at radius 2 is 1.52 bits per heavy atom. The molecule has 4 nitrogen and oxygen atoms in total. The van der Waals surface area contributed by atoms with Crippen LogP contribution in [-0.2, 0) is 24.3 Å². The van der Waals surface area contributed by atoms with Crippen molar-refractivity contribution < 1.29 is 4.79 Å². The molecule has 0 radical (unpaired) electrons. The summed E-state index contributed by atoms with van der Waals surface area (Å²) in [5, 5.41) is 3.05. The van der Waals surface area contributed by atoms with Gasteiger partial charge in [0, 0.05) is 25.5 Å². The van der Waals surface area contributed by atoms with Gasteiger partial charge in [-0.3, -0.25) is 4.79 Å². The molecule has 0 fully saturated rings. The summed E-state index contributed by atoms with van der Waals surface area (Å²) in [4.78, 5) is 16.5. The molecule has 0 aliphatic carbocycles. The van der Waals surface area contributed by atoms with Gasteiger partial charge in [0.1, 0.15) is 0 Å². The summed E-state index contributed by atoms with van der Waals surface area (Å²) in [6.45, 7) is 1.26. The van der Waals surface area contributed by atoms with Crippen molar-refractivity contribution in [3.63, 3.8) is 0 Å². The summed E-state index contributed by atoms with van der Waals surface area (Å²) in [6, 6.07) is 26.6. The smallest absolute Gasteiger partial charge is 0.224 e. The van der Waals surface area contributed by atoms with Crippen molar-refractivity contribution in [2.75, 3.05) is 0 Å². The number of carbonyl (C=O) groups excluding carboxylic acids is 1. The molecule has 3 aromatic carbocycles. The highest BCUT2D eigenvalue weighted by Gasteiger charge is 2.07. The van der Waals surface area contributed by atoms with E-state index < -0.39 is 0 Å². The molecule has 1 heterocycles. The van der Waals surface area contributed by atoms with Gasteiger partial charge >= 0.3 is 0 Å². The van der Waals surface area contributed by atoms with Crippen LogP contribution in [0.3, 0.4) is 0 Å². The Hall–Kier alpha value is -3.66. The Kier molecular flexibility index (Phi) is 5.81. The molecule has 4 aromatic rings. The molecule has 0 saturated heterocycles. The molecule has 4 rings (SSSR count). The normalized spacial score (nSPS) is 10.6. The fourth-order valence-corrected chi connectivity index (χ4v) is 3.35. The number of aromatic nitrogens is 2. The van der Waals surface area contributed by atoms with Crippen molar-refractivity contribution in [1.82, 2.24) is 14.9 Å². The Balaban J connectivity index is 1.35. The first-order valence-corrected chi connectivity index (χ1v) is 9.71. The fourth-order valence-electron chi connectivity index (χ4n) is 3.35. The highest BCUT2D eigenvalue weighted by Crippen LogP contribution is 2.19. The van der Waals surface area contributed by atoms with E-state index in [-0.39, 0.29) is 5.91 Å². The summed E-state index contributed by atoms with van der Waals surface area (Å²) < 4.78 is 2.02. The van der Waals surface area contributed by atoms with Gasteiger partial charge in [0.2, 0.25) is 5.91 Å². The van der Waals surface area contributed by atoms with Crippen LogP contribution in [0.15, 0.2) is 97.6 Å². The lowest BCUT2D eigenvalue weighted by atomic mass is 10.0. The summed E-state index contributed by atoms with van der Waals surface area (Å²) in [6.07, 6.45) is 5.88. The van der Waals surface area contributed by atoms with Crippen LogP contribution in [-0.4, -0.2) is 15.5 Å². The van der Waals surface area contributed by atoms with Crippen LogP contribution in [0.2, 0.25) is 0 Å². The van der Waals surface area contributed by atoms with Gasteiger partial charge in [-0.25, -0.2) is 4.98 Å². The van der Waals surface area contributed by atoms with Gasteiger partial charge in [0.05, 0.1) is 12.7 Å². The lowest BCUT2D eigenvalue weighted by Gasteiger charge is -2.11. The number of nitrogens with one attached hydrogen (secondary N) is 1. The third-order valence-corrected chi connectivity index (χ3v) is 4.93. The van der Waals surface area contributed by atoms with Crippen LogP contribution in [0.25, 0.3) is 11.1 Å². The first-order chi connectivity index (χ1) is 14.3. The molecule has 0 atom stereocenters. The molecule has 0 saturated carbocycles. The number of imidazole rings is 1. The van der Waals surface area contributed by atoms with Crippen LogP contribution < -0.4 is 5.32 Å².